The van der Waals surface area contributed by atoms with Gasteiger partial charge in [0.25, 0.3) is 0 Å². The lowest BCUT2D eigenvalue weighted by atomic mass is 9.48. The zero-order chi connectivity index (χ0) is 16.6. The SMILES string of the molecule is C[C@@H](NC(=O)CSCc1ccccc1)C12CC3CC(CC(C3)C1)C2. The first-order valence-corrected chi connectivity index (χ1v) is 10.7. The topological polar surface area (TPSA) is 29.1 Å². The number of carbonyl (C=O) groups excluding carboxylic acids is 1. The maximum absolute atomic E-state index is 12.4. The summed E-state index contributed by atoms with van der Waals surface area (Å²) in [5.74, 6) is 4.55. The average molecular weight is 344 g/mol. The Morgan fingerprint density at radius 3 is 2.29 bits per heavy atom. The van der Waals surface area contributed by atoms with Gasteiger partial charge in [0.15, 0.2) is 0 Å². The fraction of sp³-hybridized carbons (Fsp3) is 0.667. The molecule has 2 nitrogen and oxygen atoms in total. The van der Waals surface area contributed by atoms with E-state index in [4.69, 9.17) is 0 Å². The summed E-state index contributed by atoms with van der Waals surface area (Å²) in [6.45, 7) is 2.27. The van der Waals surface area contributed by atoms with E-state index in [1.54, 1.807) is 11.8 Å². The molecule has 0 radical (unpaired) electrons. The summed E-state index contributed by atoms with van der Waals surface area (Å²) in [4.78, 5) is 12.4. The van der Waals surface area contributed by atoms with Crippen molar-refractivity contribution in [2.24, 2.45) is 23.2 Å². The molecule has 4 aliphatic carbocycles. The second-order valence-electron chi connectivity index (χ2n) is 8.55. The molecule has 1 aromatic rings. The average Bonchev–Trinajstić information content (AvgIpc) is 2.54. The summed E-state index contributed by atoms with van der Waals surface area (Å²) in [6.07, 6.45) is 8.47. The number of rotatable bonds is 6. The van der Waals surface area contributed by atoms with Crippen LogP contribution in [0.4, 0.5) is 0 Å². The minimum atomic E-state index is 0.221. The number of hydrogen-bond donors (Lipinski definition) is 1. The van der Waals surface area contributed by atoms with E-state index in [1.807, 2.05) is 6.07 Å². The van der Waals surface area contributed by atoms with Gasteiger partial charge in [-0.25, -0.2) is 0 Å². The van der Waals surface area contributed by atoms with Gasteiger partial charge in [0, 0.05) is 11.8 Å². The summed E-state index contributed by atoms with van der Waals surface area (Å²) in [7, 11) is 0. The van der Waals surface area contributed by atoms with Crippen molar-refractivity contribution in [1.82, 2.24) is 5.32 Å². The first kappa shape index (κ1) is 16.5. The molecule has 1 amide bonds. The molecule has 0 saturated heterocycles. The standard InChI is InChI=1S/C21H29NOS/c1-15(21-10-17-7-18(11-21)9-19(8-17)12-21)22-20(23)14-24-13-16-5-3-2-4-6-16/h2-6,15,17-19H,7-14H2,1H3,(H,22,23)/t15-,17?,18?,19?,21?/m1/s1. The minimum absolute atomic E-state index is 0.221. The van der Waals surface area contributed by atoms with Crippen molar-refractivity contribution in [3.05, 3.63) is 35.9 Å². The number of nitrogens with one attached hydrogen (secondary N) is 1. The van der Waals surface area contributed by atoms with Gasteiger partial charge in [-0.2, -0.15) is 0 Å². The Hall–Kier alpha value is -0.960. The van der Waals surface area contributed by atoms with Gasteiger partial charge in [-0.05, 0) is 74.2 Å². The molecule has 5 rings (SSSR count). The maximum atomic E-state index is 12.4. The molecule has 1 aromatic carbocycles. The molecule has 0 aromatic heterocycles. The quantitative estimate of drug-likeness (QED) is 0.815. The number of thioether (sulfide) groups is 1. The van der Waals surface area contributed by atoms with Gasteiger partial charge in [-0.1, -0.05) is 30.3 Å². The highest BCUT2D eigenvalue weighted by molar-refractivity contribution is 7.99. The molecule has 0 unspecified atom stereocenters. The summed E-state index contributed by atoms with van der Waals surface area (Å²) in [5.41, 5.74) is 1.71. The van der Waals surface area contributed by atoms with Crippen LogP contribution in [0.5, 0.6) is 0 Å². The highest BCUT2D eigenvalue weighted by atomic mass is 32.2. The highest BCUT2D eigenvalue weighted by Crippen LogP contribution is 2.61. The molecule has 4 bridgehead atoms. The predicted octanol–water partition coefficient (Wildman–Crippen LogP) is 4.64. The van der Waals surface area contributed by atoms with Crippen LogP contribution in [0, 0.1) is 23.2 Å². The van der Waals surface area contributed by atoms with Crippen molar-refractivity contribution >= 4 is 17.7 Å². The van der Waals surface area contributed by atoms with Crippen molar-refractivity contribution in [3.63, 3.8) is 0 Å². The molecule has 0 aliphatic heterocycles. The largest absolute Gasteiger partial charge is 0.352 e. The molecule has 24 heavy (non-hydrogen) atoms. The molecule has 0 heterocycles. The van der Waals surface area contributed by atoms with Crippen LogP contribution in [0.1, 0.15) is 51.0 Å². The molecule has 1 atom stereocenters. The number of benzene rings is 1. The first-order chi connectivity index (χ1) is 11.6. The molecular weight excluding hydrogens is 314 g/mol. The number of hydrogen-bond acceptors (Lipinski definition) is 2. The van der Waals surface area contributed by atoms with E-state index in [9.17, 15) is 4.79 Å². The summed E-state index contributed by atoms with van der Waals surface area (Å²) in [5, 5.41) is 3.36. The van der Waals surface area contributed by atoms with Gasteiger partial charge in [0.2, 0.25) is 5.91 Å². The minimum Gasteiger partial charge on any atom is -0.352 e. The second kappa shape index (κ2) is 6.74. The summed E-state index contributed by atoms with van der Waals surface area (Å²) in [6, 6.07) is 10.8. The van der Waals surface area contributed by atoms with Crippen molar-refractivity contribution < 1.29 is 4.79 Å². The van der Waals surface area contributed by atoms with Gasteiger partial charge < -0.3 is 5.32 Å². The molecular formula is C21H29NOS. The summed E-state index contributed by atoms with van der Waals surface area (Å²) < 4.78 is 0. The van der Waals surface area contributed by atoms with E-state index in [2.05, 4.69) is 36.5 Å². The highest BCUT2D eigenvalue weighted by Gasteiger charge is 2.53. The molecule has 130 valence electrons. The lowest BCUT2D eigenvalue weighted by Gasteiger charge is -2.59. The lowest BCUT2D eigenvalue weighted by Crippen LogP contribution is -2.56. The Labute approximate surface area is 150 Å². The van der Waals surface area contributed by atoms with E-state index in [-0.39, 0.29) is 5.91 Å². The predicted molar refractivity (Wildman–Crippen MR) is 101 cm³/mol. The van der Waals surface area contributed by atoms with Crippen LogP contribution in [0.2, 0.25) is 0 Å². The fourth-order valence-electron chi connectivity index (χ4n) is 5.98. The van der Waals surface area contributed by atoms with Gasteiger partial charge in [0.05, 0.1) is 5.75 Å². The zero-order valence-corrected chi connectivity index (χ0v) is 15.5. The van der Waals surface area contributed by atoms with Gasteiger partial charge >= 0.3 is 0 Å². The van der Waals surface area contributed by atoms with E-state index in [0.29, 0.717) is 17.2 Å². The first-order valence-electron chi connectivity index (χ1n) is 9.54. The van der Waals surface area contributed by atoms with Gasteiger partial charge in [-0.3, -0.25) is 4.79 Å². The van der Waals surface area contributed by atoms with Crippen molar-refractivity contribution in [1.29, 1.82) is 0 Å². The molecule has 4 saturated carbocycles. The molecule has 1 N–H and O–H groups in total. The fourth-order valence-corrected chi connectivity index (χ4v) is 6.78. The molecule has 4 fully saturated rings. The van der Waals surface area contributed by atoms with Crippen LogP contribution >= 0.6 is 11.8 Å². The van der Waals surface area contributed by atoms with E-state index < -0.39 is 0 Å². The Morgan fingerprint density at radius 1 is 1.12 bits per heavy atom. The lowest BCUT2D eigenvalue weighted by molar-refractivity contribution is -0.123. The van der Waals surface area contributed by atoms with Crippen molar-refractivity contribution in [2.45, 2.75) is 57.2 Å². The number of amides is 1. The van der Waals surface area contributed by atoms with Crippen molar-refractivity contribution in [3.8, 4) is 0 Å². The summed E-state index contributed by atoms with van der Waals surface area (Å²) >= 11 is 1.72. The third kappa shape index (κ3) is 3.37. The normalized spacial score (nSPS) is 35.0. The third-order valence-electron chi connectivity index (χ3n) is 6.73. The van der Waals surface area contributed by atoms with E-state index in [1.165, 1.54) is 44.1 Å². The smallest absolute Gasteiger partial charge is 0.230 e. The number of carbonyl (C=O) groups is 1. The Balaban J connectivity index is 1.28. The van der Waals surface area contributed by atoms with E-state index >= 15 is 0 Å². The van der Waals surface area contributed by atoms with Crippen molar-refractivity contribution in [2.75, 3.05) is 5.75 Å². The zero-order valence-electron chi connectivity index (χ0n) is 14.7. The van der Waals surface area contributed by atoms with Crippen LogP contribution in [0.3, 0.4) is 0 Å². The van der Waals surface area contributed by atoms with Crippen LogP contribution in [0.25, 0.3) is 0 Å². The second-order valence-corrected chi connectivity index (χ2v) is 9.53. The van der Waals surface area contributed by atoms with Gasteiger partial charge in [0.1, 0.15) is 0 Å². The van der Waals surface area contributed by atoms with E-state index in [0.717, 1.165) is 23.5 Å². The van der Waals surface area contributed by atoms with Crippen LogP contribution in [-0.4, -0.2) is 17.7 Å². The Kier molecular flexibility index (Phi) is 4.64. The third-order valence-corrected chi connectivity index (χ3v) is 7.73. The van der Waals surface area contributed by atoms with Gasteiger partial charge in [-0.15, -0.1) is 11.8 Å². The monoisotopic (exact) mass is 343 g/mol. The Morgan fingerprint density at radius 2 is 1.71 bits per heavy atom. The van der Waals surface area contributed by atoms with Crippen LogP contribution < -0.4 is 5.32 Å². The van der Waals surface area contributed by atoms with Crippen LogP contribution in [0.15, 0.2) is 30.3 Å². The molecule has 4 aliphatic rings. The Bertz CT molecular complexity index is 549. The molecule has 3 heteroatoms. The maximum Gasteiger partial charge on any atom is 0.230 e. The molecule has 0 spiro atoms. The van der Waals surface area contributed by atoms with Crippen LogP contribution in [-0.2, 0) is 10.5 Å².